The van der Waals surface area contributed by atoms with Crippen LogP contribution < -0.4 is 10.2 Å². The lowest BCUT2D eigenvalue weighted by Gasteiger charge is -2.22. The van der Waals surface area contributed by atoms with E-state index in [0.717, 1.165) is 42.6 Å². The molecule has 0 radical (unpaired) electrons. The molecule has 1 aliphatic rings. The van der Waals surface area contributed by atoms with Gasteiger partial charge < -0.3 is 15.1 Å². The molecule has 0 aliphatic carbocycles. The first-order chi connectivity index (χ1) is 15.6. The molecular formula is C23H22ClF3N4OS. The van der Waals surface area contributed by atoms with Crippen molar-refractivity contribution in [3.63, 3.8) is 0 Å². The molecule has 1 aliphatic heterocycles. The van der Waals surface area contributed by atoms with E-state index in [1.165, 1.54) is 12.1 Å². The van der Waals surface area contributed by atoms with Crippen LogP contribution in [0.5, 0.6) is 0 Å². The minimum absolute atomic E-state index is 0.184. The molecule has 1 aromatic heterocycles. The van der Waals surface area contributed by atoms with Crippen LogP contribution >= 0.6 is 22.9 Å². The second-order valence-corrected chi connectivity index (χ2v) is 9.35. The Kier molecular flexibility index (Phi) is 6.65. The molecule has 1 unspecified atom stereocenters. The minimum atomic E-state index is -4.53. The highest BCUT2D eigenvalue weighted by molar-refractivity contribution is 7.13. The summed E-state index contributed by atoms with van der Waals surface area (Å²) in [6.07, 6.45) is -3.41. The SMILES string of the molecule is CN(C)C1CCN(c2ccc(NC(=O)c3csc(-c4ccc(C(F)(F)F)c(Cl)c4)n3)cc2)C1. The first-order valence-corrected chi connectivity index (χ1v) is 11.5. The molecule has 0 bridgehead atoms. The van der Waals surface area contributed by atoms with Crippen LogP contribution in [0.2, 0.25) is 5.02 Å². The zero-order valence-corrected chi connectivity index (χ0v) is 19.6. The van der Waals surface area contributed by atoms with Crippen LogP contribution in [0.4, 0.5) is 24.5 Å². The third-order valence-corrected chi connectivity index (χ3v) is 6.85. The summed E-state index contributed by atoms with van der Waals surface area (Å²) in [7, 11) is 4.17. The molecule has 1 saturated heterocycles. The van der Waals surface area contributed by atoms with E-state index in [1.807, 2.05) is 24.3 Å². The van der Waals surface area contributed by atoms with Gasteiger partial charge in [0, 0.05) is 41.4 Å². The zero-order valence-electron chi connectivity index (χ0n) is 18.0. The number of aromatic nitrogens is 1. The Hall–Kier alpha value is -2.62. The van der Waals surface area contributed by atoms with Crippen molar-refractivity contribution in [1.82, 2.24) is 9.88 Å². The number of benzene rings is 2. The molecule has 4 rings (SSSR count). The van der Waals surface area contributed by atoms with Gasteiger partial charge in [-0.1, -0.05) is 17.7 Å². The van der Waals surface area contributed by atoms with E-state index in [0.29, 0.717) is 22.3 Å². The summed E-state index contributed by atoms with van der Waals surface area (Å²) in [4.78, 5) is 21.4. The van der Waals surface area contributed by atoms with Crippen LogP contribution in [0.15, 0.2) is 47.8 Å². The predicted molar refractivity (Wildman–Crippen MR) is 126 cm³/mol. The second kappa shape index (κ2) is 9.32. The number of nitrogens with one attached hydrogen (secondary N) is 1. The molecule has 0 saturated carbocycles. The summed E-state index contributed by atoms with van der Waals surface area (Å²) in [5, 5.41) is 4.38. The van der Waals surface area contributed by atoms with Crippen LogP contribution in [-0.2, 0) is 6.18 Å². The summed E-state index contributed by atoms with van der Waals surface area (Å²) in [5.74, 6) is -0.392. The van der Waals surface area contributed by atoms with E-state index in [4.69, 9.17) is 11.6 Å². The molecule has 1 atom stereocenters. The average Bonchev–Trinajstić information content (AvgIpc) is 3.44. The molecule has 1 fully saturated rings. The van der Waals surface area contributed by atoms with Crippen LogP contribution in [0, 0.1) is 0 Å². The number of nitrogens with zero attached hydrogens (tertiary/aromatic N) is 3. The lowest BCUT2D eigenvalue weighted by atomic mass is 10.1. The first kappa shape index (κ1) is 23.5. The van der Waals surface area contributed by atoms with Gasteiger partial charge in [0.1, 0.15) is 10.7 Å². The van der Waals surface area contributed by atoms with Gasteiger partial charge in [-0.3, -0.25) is 4.79 Å². The lowest BCUT2D eigenvalue weighted by Crippen LogP contribution is -2.31. The summed E-state index contributed by atoms with van der Waals surface area (Å²) in [6.45, 7) is 1.96. The van der Waals surface area contributed by atoms with E-state index in [-0.39, 0.29) is 5.69 Å². The van der Waals surface area contributed by atoms with Crippen molar-refractivity contribution in [1.29, 1.82) is 0 Å². The Bertz CT molecular complexity index is 1150. The smallest absolute Gasteiger partial charge is 0.370 e. The van der Waals surface area contributed by atoms with Gasteiger partial charge in [-0.2, -0.15) is 13.2 Å². The molecule has 2 heterocycles. The fourth-order valence-corrected chi connectivity index (χ4v) is 4.82. The maximum absolute atomic E-state index is 12.9. The molecule has 0 spiro atoms. The second-order valence-electron chi connectivity index (χ2n) is 8.08. The van der Waals surface area contributed by atoms with Crippen molar-refractivity contribution >= 4 is 40.2 Å². The molecule has 1 amide bonds. The number of carbonyl (C=O) groups is 1. The number of hydrogen-bond donors (Lipinski definition) is 1. The quantitative estimate of drug-likeness (QED) is 0.481. The summed E-state index contributed by atoms with van der Waals surface area (Å²) in [5.41, 5.74) is 1.44. The number of anilines is 2. The van der Waals surface area contributed by atoms with Crippen molar-refractivity contribution < 1.29 is 18.0 Å². The van der Waals surface area contributed by atoms with Crippen molar-refractivity contribution in [2.75, 3.05) is 37.4 Å². The molecule has 5 nitrogen and oxygen atoms in total. The molecule has 33 heavy (non-hydrogen) atoms. The lowest BCUT2D eigenvalue weighted by molar-refractivity contribution is -0.137. The van der Waals surface area contributed by atoms with Crippen LogP contribution in [0.25, 0.3) is 10.6 Å². The summed E-state index contributed by atoms with van der Waals surface area (Å²) >= 11 is 6.96. The number of hydrogen-bond acceptors (Lipinski definition) is 5. The van der Waals surface area contributed by atoms with E-state index in [9.17, 15) is 18.0 Å². The molecule has 10 heteroatoms. The highest BCUT2D eigenvalue weighted by Crippen LogP contribution is 2.37. The number of thiazole rings is 1. The maximum atomic E-state index is 12.9. The average molecular weight is 495 g/mol. The molecule has 1 N–H and O–H groups in total. The third-order valence-electron chi connectivity index (χ3n) is 5.64. The number of rotatable bonds is 5. The van der Waals surface area contributed by atoms with Gasteiger partial charge in [-0.15, -0.1) is 11.3 Å². The van der Waals surface area contributed by atoms with Crippen molar-refractivity contribution in [3.8, 4) is 10.6 Å². The van der Waals surface area contributed by atoms with Crippen LogP contribution in [0.1, 0.15) is 22.5 Å². The Morgan fingerprint density at radius 1 is 1.21 bits per heavy atom. The topological polar surface area (TPSA) is 48.5 Å². The van der Waals surface area contributed by atoms with Gasteiger partial charge in [0.15, 0.2) is 0 Å². The normalized spacial score (nSPS) is 16.5. The maximum Gasteiger partial charge on any atom is 0.417 e. The van der Waals surface area contributed by atoms with E-state index >= 15 is 0 Å². The first-order valence-electron chi connectivity index (χ1n) is 10.3. The Morgan fingerprint density at radius 2 is 1.94 bits per heavy atom. The van der Waals surface area contributed by atoms with Gasteiger partial charge in [0.2, 0.25) is 0 Å². The van der Waals surface area contributed by atoms with E-state index < -0.39 is 22.7 Å². The van der Waals surface area contributed by atoms with Gasteiger partial charge in [-0.25, -0.2) is 4.98 Å². The van der Waals surface area contributed by atoms with Gasteiger partial charge in [0.25, 0.3) is 5.91 Å². The monoisotopic (exact) mass is 494 g/mol. The van der Waals surface area contributed by atoms with Crippen LogP contribution in [-0.4, -0.2) is 49.0 Å². The largest absolute Gasteiger partial charge is 0.417 e. The van der Waals surface area contributed by atoms with Crippen molar-refractivity contribution in [2.45, 2.75) is 18.6 Å². The Balaban J connectivity index is 1.41. The Labute approximate surface area is 198 Å². The highest BCUT2D eigenvalue weighted by atomic mass is 35.5. The highest BCUT2D eigenvalue weighted by Gasteiger charge is 2.33. The van der Waals surface area contributed by atoms with Gasteiger partial charge >= 0.3 is 6.18 Å². The zero-order chi connectivity index (χ0) is 23.8. The standard InChI is InChI=1S/C23H22ClF3N4OS/c1-30(2)17-9-10-31(12-17)16-6-4-15(5-7-16)28-21(32)20-13-33-22(29-20)14-3-8-18(19(24)11-14)23(25,26)27/h3-8,11,13,17H,9-10,12H2,1-2H3,(H,28,32). The molecule has 3 aromatic rings. The number of carbonyl (C=O) groups excluding carboxylic acids is 1. The number of amides is 1. The molecule has 2 aromatic carbocycles. The molecule has 174 valence electrons. The van der Waals surface area contributed by atoms with Crippen molar-refractivity contribution in [3.05, 3.63) is 64.1 Å². The number of alkyl halides is 3. The molecular weight excluding hydrogens is 473 g/mol. The predicted octanol–water partition coefficient (Wildman–Crippen LogP) is 5.87. The fourth-order valence-electron chi connectivity index (χ4n) is 3.74. The third kappa shape index (κ3) is 5.31. The van der Waals surface area contributed by atoms with E-state index in [2.05, 4.69) is 34.2 Å². The summed E-state index contributed by atoms with van der Waals surface area (Å²) in [6, 6.07) is 11.6. The summed E-state index contributed by atoms with van der Waals surface area (Å²) < 4.78 is 38.7. The van der Waals surface area contributed by atoms with Gasteiger partial charge in [-0.05, 0) is 56.9 Å². The minimum Gasteiger partial charge on any atom is -0.370 e. The van der Waals surface area contributed by atoms with E-state index in [1.54, 1.807) is 5.38 Å². The number of likely N-dealkylation sites (N-methyl/N-ethyl adjacent to an activating group) is 1. The Morgan fingerprint density at radius 3 is 2.55 bits per heavy atom. The fraction of sp³-hybridized carbons (Fsp3) is 0.304. The van der Waals surface area contributed by atoms with Gasteiger partial charge in [0.05, 0.1) is 10.6 Å². The van der Waals surface area contributed by atoms with Crippen LogP contribution in [0.3, 0.4) is 0 Å². The van der Waals surface area contributed by atoms with Crippen molar-refractivity contribution in [2.24, 2.45) is 0 Å². The number of halogens is 4.